The van der Waals surface area contributed by atoms with E-state index >= 15 is 0 Å². The van der Waals surface area contributed by atoms with Crippen LogP contribution in [0.2, 0.25) is 0 Å². The van der Waals surface area contributed by atoms with Crippen LogP contribution in [0.15, 0.2) is 57.4 Å². The van der Waals surface area contributed by atoms with Crippen LogP contribution in [0.4, 0.5) is 0 Å². The molecule has 0 amide bonds. The van der Waals surface area contributed by atoms with Gasteiger partial charge < -0.3 is 13.9 Å². The highest BCUT2D eigenvalue weighted by atomic mass is 16.3. The number of benzene rings is 3. The summed E-state index contributed by atoms with van der Waals surface area (Å²) in [7, 11) is 5.84. The van der Waals surface area contributed by atoms with Crippen molar-refractivity contribution in [3.8, 4) is 5.75 Å². The Kier molecular flexibility index (Phi) is 2.06. The highest BCUT2D eigenvalue weighted by Gasteiger charge is 2.16. The predicted octanol–water partition coefficient (Wildman–Crippen LogP) is 3.98. The smallest absolute Gasteiger partial charge is 0.139 e. The lowest BCUT2D eigenvalue weighted by Crippen LogP contribution is -1.98. The van der Waals surface area contributed by atoms with Gasteiger partial charge in [0.25, 0.3) is 0 Å². The van der Waals surface area contributed by atoms with E-state index in [9.17, 15) is 5.11 Å². The van der Waals surface area contributed by atoms with Crippen LogP contribution < -0.4 is 5.46 Å². The number of aromatic hydroxyl groups is 1. The van der Waals surface area contributed by atoms with E-state index in [2.05, 4.69) is 0 Å². The SMILES string of the molecule is [B]c1ccc2c(c1)oc1ccc3oc4cc(O)ccc4c3c12. The van der Waals surface area contributed by atoms with Crippen molar-refractivity contribution in [1.82, 2.24) is 0 Å². The number of phenolic OH excluding ortho intramolecular Hbond substituents is 1. The Morgan fingerprint density at radius 1 is 0.682 bits per heavy atom. The van der Waals surface area contributed by atoms with Gasteiger partial charge >= 0.3 is 0 Å². The van der Waals surface area contributed by atoms with Crippen molar-refractivity contribution in [1.29, 1.82) is 0 Å². The first-order chi connectivity index (χ1) is 10.7. The van der Waals surface area contributed by atoms with E-state index in [0.29, 0.717) is 11.0 Å². The lowest BCUT2D eigenvalue weighted by molar-refractivity contribution is 0.475. The van der Waals surface area contributed by atoms with Gasteiger partial charge in [0.2, 0.25) is 0 Å². The number of rotatable bonds is 0. The maximum absolute atomic E-state index is 9.64. The molecule has 102 valence electrons. The van der Waals surface area contributed by atoms with Gasteiger partial charge in [0, 0.05) is 27.6 Å². The minimum Gasteiger partial charge on any atom is -0.508 e. The van der Waals surface area contributed by atoms with Gasteiger partial charge in [0.1, 0.15) is 35.9 Å². The van der Waals surface area contributed by atoms with Gasteiger partial charge in [0.05, 0.1) is 0 Å². The molecule has 2 heterocycles. The lowest BCUT2D eigenvalue weighted by atomic mass is 9.95. The summed E-state index contributed by atoms with van der Waals surface area (Å²) in [5, 5.41) is 13.6. The minimum atomic E-state index is 0.188. The Balaban J connectivity index is 2.10. The van der Waals surface area contributed by atoms with Crippen LogP contribution in [0.5, 0.6) is 5.75 Å². The van der Waals surface area contributed by atoms with Crippen LogP contribution in [-0.2, 0) is 0 Å². The zero-order valence-corrected chi connectivity index (χ0v) is 11.5. The first kappa shape index (κ1) is 11.7. The van der Waals surface area contributed by atoms with Crippen LogP contribution >= 0.6 is 0 Å². The molecule has 2 radical (unpaired) electrons. The monoisotopic (exact) mass is 284 g/mol. The average molecular weight is 284 g/mol. The first-order valence-electron chi connectivity index (χ1n) is 6.97. The second kappa shape index (κ2) is 3.86. The molecule has 22 heavy (non-hydrogen) atoms. The van der Waals surface area contributed by atoms with Crippen molar-refractivity contribution in [2.75, 3.05) is 0 Å². The van der Waals surface area contributed by atoms with Gasteiger partial charge in [-0.05, 0) is 30.3 Å². The Morgan fingerprint density at radius 2 is 1.27 bits per heavy atom. The molecular formula is C18H9BO3. The molecule has 5 aromatic rings. The molecule has 0 aliphatic heterocycles. The van der Waals surface area contributed by atoms with Crippen molar-refractivity contribution >= 4 is 57.2 Å². The molecule has 0 saturated heterocycles. The Hall–Kier alpha value is -2.88. The molecule has 0 aliphatic carbocycles. The number of fused-ring (bicyclic) bond motifs is 7. The molecular weight excluding hydrogens is 275 g/mol. The number of hydrogen-bond donors (Lipinski definition) is 1. The standard InChI is InChI=1S/C18H9BO3/c19-9-1-3-11-15(7-9)21-13-5-6-14-18(17(11)13)12-4-2-10(20)8-16(12)22-14/h1-8,20H. The molecule has 4 heteroatoms. The first-order valence-corrected chi connectivity index (χ1v) is 6.97. The molecule has 0 aliphatic rings. The quantitative estimate of drug-likeness (QED) is 0.437. The summed E-state index contributed by atoms with van der Waals surface area (Å²) >= 11 is 0. The summed E-state index contributed by atoms with van der Waals surface area (Å²) < 4.78 is 11.8. The van der Waals surface area contributed by atoms with Gasteiger partial charge in [-0.1, -0.05) is 17.6 Å². The fourth-order valence-electron chi connectivity index (χ4n) is 3.14. The van der Waals surface area contributed by atoms with Crippen LogP contribution in [-0.4, -0.2) is 13.0 Å². The summed E-state index contributed by atoms with van der Waals surface area (Å²) in [5.41, 5.74) is 3.66. The molecule has 0 atom stereocenters. The van der Waals surface area contributed by atoms with Crippen LogP contribution in [0.1, 0.15) is 0 Å². The van der Waals surface area contributed by atoms with E-state index in [1.807, 2.05) is 36.4 Å². The zero-order valence-electron chi connectivity index (χ0n) is 11.5. The maximum Gasteiger partial charge on any atom is 0.139 e. The topological polar surface area (TPSA) is 46.5 Å². The van der Waals surface area contributed by atoms with E-state index < -0.39 is 0 Å². The fourth-order valence-corrected chi connectivity index (χ4v) is 3.14. The van der Waals surface area contributed by atoms with Crippen molar-refractivity contribution in [2.24, 2.45) is 0 Å². The third kappa shape index (κ3) is 1.41. The molecule has 0 spiro atoms. The fraction of sp³-hybridized carbons (Fsp3) is 0. The zero-order chi connectivity index (χ0) is 14.8. The third-order valence-electron chi connectivity index (χ3n) is 4.08. The molecule has 1 N–H and O–H groups in total. The largest absolute Gasteiger partial charge is 0.508 e. The maximum atomic E-state index is 9.64. The minimum absolute atomic E-state index is 0.188. The summed E-state index contributed by atoms with van der Waals surface area (Å²) in [4.78, 5) is 0. The third-order valence-corrected chi connectivity index (χ3v) is 4.08. The van der Waals surface area contributed by atoms with E-state index in [4.69, 9.17) is 16.7 Å². The molecule has 0 unspecified atom stereocenters. The second-order valence-electron chi connectivity index (χ2n) is 5.45. The Bertz CT molecular complexity index is 1100. The Morgan fingerprint density at radius 3 is 1.95 bits per heavy atom. The van der Waals surface area contributed by atoms with Gasteiger partial charge in [-0.15, -0.1) is 0 Å². The number of furan rings is 2. The summed E-state index contributed by atoms with van der Waals surface area (Å²) in [6.07, 6.45) is 0. The number of phenols is 1. The molecule has 3 nitrogen and oxygen atoms in total. The summed E-state index contributed by atoms with van der Waals surface area (Å²) in [6, 6.07) is 14.6. The molecule has 0 bridgehead atoms. The van der Waals surface area contributed by atoms with Gasteiger partial charge in [0.15, 0.2) is 0 Å². The van der Waals surface area contributed by atoms with Crippen LogP contribution in [0, 0.1) is 0 Å². The molecule has 2 aromatic heterocycles. The Labute approximate surface area is 126 Å². The average Bonchev–Trinajstić information content (AvgIpc) is 3.02. The van der Waals surface area contributed by atoms with Crippen molar-refractivity contribution < 1.29 is 13.9 Å². The van der Waals surface area contributed by atoms with Crippen LogP contribution in [0.3, 0.4) is 0 Å². The second-order valence-corrected chi connectivity index (χ2v) is 5.45. The van der Waals surface area contributed by atoms with Crippen molar-refractivity contribution in [2.45, 2.75) is 0 Å². The van der Waals surface area contributed by atoms with Gasteiger partial charge in [-0.3, -0.25) is 0 Å². The highest BCUT2D eigenvalue weighted by molar-refractivity contribution is 6.34. The molecule has 5 rings (SSSR count). The molecule has 3 aromatic carbocycles. The lowest BCUT2D eigenvalue weighted by Gasteiger charge is -1.94. The molecule has 0 fully saturated rings. The van der Waals surface area contributed by atoms with Gasteiger partial charge in [-0.25, -0.2) is 0 Å². The summed E-state index contributed by atoms with van der Waals surface area (Å²) in [6.45, 7) is 0. The van der Waals surface area contributed by atoms with Crippen LogP contribution in [0.25, 0.3) is 43.9 Å². The van der Waals surface area contributed by atoms with E-state index in [1.165, 1.54) is 0 Å². The van der Waals surface area contributed by atoms with E-state index in [0.717, 1.165) is 38.3 Å². The molecule has 0 saturated carbocycles. The number of hydrogen-bond acceptors (Lipinski definition) is 3. The van der Waals surface area contributed by atoms with Crippen molar-refractivity contribution in [3.05, 3.63) is 48.5 Å². The van der Waals surface area contributed by atoms with E-state index in [-0.39, 0.29) is 5.75 Å². The van der Waals surface area contributed by atoms with Crippen molar-refractivity contribution in [3.63, 3.8) is 0 Å². The van der Waals surface area contributed by atoms with E-state index in [1.54, 1.807) is 12.1 Å². The summed E-state index contributed by atoms with van der Waals surface area (Å²) in [5.74, 6) is 0.188. The van der Waals surface area contributed by atoms with Gasteiger partial charge in [-0.2, -0.15) is 0 Å². The highest BCUT2D eigenvalue weighted by Crippen LogP contribution is 2.40. The predicted molar refractivity (Wildman–Crippen MR) is 88.1 cm³/mol. The normalized spacial score (nSPS) is 12.0.